The van der Waals surface area contributed by atoms with Crippen molar-refractivity contribution in [3.8, 4) is 69.0 Å². The largest absolute Gasteiger partial charge is 0.396 e. The molecule has 3 aliphatic rings. The van der Waals surface area contributed by atoms with Crippen molar-refractivity contribution in [2.45, 2.75) is 158 Å². The summed E-state index contributed by atoms with van der Waals surface area (Å²) in [5.74, 6) is -4.08. The van der Waals surface area contributed by atoms with Crippen LogP contribution < -0.4 is 48.6 Å². The summed E-state index contributed by atoms with van der Waals surface area (Å²) >= 11 is 78.0. The van der Waals surface area contributed by atoms with Gasteiger partial charge in [-0.05, 0) is 151 Å². The lowest BCUT2D eigenvalue weighted by atomic mass is 10.0. The first kappa shape index (κ1) is 107. The van der Waals surface area contributed by atoms with Gasteiger partial charge in [-0.1, -0.05) is 200 Å². The van der Waals surface area contributed by atoms with Crippen molar-refractivity contribution in [3.05, 3.63) is 252 Å². The average Bonchev–Trinajstić information content (AvgIpc) is 0.725. The molecule has 6 atom stereocenters. The summed E-state index contributed by atoms with van der Waals surface area (Å²) in [4.78, 5) is 121. The Bertz CT molecular complexity index is 6860. The average molecular weight is 2150 g/mol. The second kappa shape index (κ2) is 42.1. The quantitative estimate of drug-likeness (QED) is 0.0371. The summed E-state index contributed by atoms with van der Waals surface area (Å²) in [6.45, 7) is 40.9. The van der Waals surface area contributed by atoms with Crippen molar-refractivity contribution in [2.24, 2.45) is 0 Å². The molecule has 3 fully saturated rings. The summed E-state index contributed by atoms with van der Waals surface area (Å²) in [6, 6.07) is 14.5. The van der Waals surface area contributed by atoms with Crippen LogP contribution in [0.15, 0.2) is 107 Å². The maximum atomic E-state index is 15.1. The molecule has 42 heteroatoms. The molecule has 0 bridgehead atoms. The molecule has 15 rings (SSSR count). The summed E-state index contributed by atoms with van der Waals surface area (Å²) < 4.78 is 49.0. The Kier molecular flexibility index (Phi) is 31.9. The normalized spacial score (nSPS) is 16.6. The maximum Gasteiger partial charge on any atom is 0.276 e. The lowest BCUT2D eigenvalue weighted by molar-refractivity contribution is -0.131. The Labute approximate surface area is 869 Å². The van der Waals surface area contributed by atoms with Crippen LogP contribution in [0.4, 0.5) is 47.3 Å². The number of halogens is 15. The van der Waals surface area contributed by atoms with E-state index in [1.54, 1.807) is 57.6 Å². The zero-order chi connectivity index (χ0) is 104. The first-order valence-electron chi connectivity index (χ1n) is 43.9. The fourth-order valence-corrected chi connectivity index (χ4v) is 22.1. The molecular weight excluding hydrogens is 2060 g/mol. The number of anilines is 6. The van der Waals surface area contributed by atoms with Gasteiger partial charge in [0.25, 0.3) is 16.7 Å². The van der Waals surface area contributed by atoms with Gasteiger partial charge in [0.1, 0.15) is 61.9 Å². The molecule has 0 aliphatic carbocycles. The van der Waals surface area contributed by atoms with Crippen LogP contribution >= 0.6 is 139 Å². The van der Waals surface area contributed by atoms with Gasteiger partial charge in [-0.3, -0.25) is 57.4 Å². The number of aryl methyl sites for hydroxylation is 3. The Hall–Kier alpha value is -11.6. The number of piperazine rings is 3. The number of hydrogen-bond donors (Lipinski definition) is 3. The fourth-order valence-electron chi connectivity index (χ4n) is 18.8. The van der Waals surface area contributed by atoms with E-state index in [-0.39, 0.29) is 212 Å². The third kappa shape index (κ3) is 18.8. The summed E-state index contributed by atoms with van der Waals surface area (Å²) in [6.07, 6.45) is 8.71. The van der Waals surface area contributed by atoms with E-state index in [0.29, 0.717) is 97.1 Å². The topological polar surface area (TPSA) is 363 Å². The lowest BCUT2D eigenvalue weighted by Gasteiger charge is -2.45. The zero-order valence-corrected chi connectivity index (χ0v) is 87.5. The molecule has 3 saturated heterocycles. The number of hydrogen-bond acceptors (Lipinski definition) is 21. The molecule has 3 amide bonds. The Morgan fingerprint density at radius 1 is 0.383 bits per heavy atom. The van der Waals surface area contributed by atoms with Crippen molar-refractivity contribution in [1.82, 2.24) is 58.3 Å². The SMILES string of the molecule is C=CC(=O)N1[C@H](C)CN(c2c(C#N)c(=O)n(-c3c(C)ccnc3C(C)C)c3nc(-c4c(Cl)c(N)c(Cl)c(F)c4Cl)c(Cl)cc23)C[C@@H]1C.C=CC(=O)N1[C@H](C)CN(c2c(C#N)c(=O)n(-c3c(C)ccnc3C(C)C)c3nc(-c4c(Cl)c(N)c(Cl)c(F)c4Cl)c(Cl)cc23)C[C@@H]1C.C=CC(=O)N1[C@H](C)CN(c2c(C#N)c(=O)n(-c3c(C)ccnc3C(C)C)c3nc(-c4c(Cl)c(N)c(F)c(Cl)c4Cl)c(Cl)cc23)C[C@@H]1C. The van der Waals surface area contributed by atoms with Crippen molar-refractivity contribution >= 4 is 224 Å². The van der Waals surface area contributed by atoms with Crippen LogP contribution in [0.5, 0.6) is 0 Å². The van der Waals surface area contributed by atoms with E-state index < -0.39 is 64.9 Å². The highest BCUT2D eigenvalue weighted by atomic mass is 35.5. The molecule has 3 aromatic carbocycles. The highest BCUT2D eigenvalue weighted by Gasteiger charge is 2.42. The summed E-state index contributed by atoms with van der Waals surface area (Å²) in [5, 5.41) is 29.5. The molecule has 0 saturated carbocycles. The highest BCUT2D eigenvalue weighted by molar-refractivity contribution is 6.49. The van der Waals surface area contributed by atoms with Crippen molar-refractivity contribution in [1.29, 1.82) is 15.8 Å². The van der Waals surface area contributed by atoms with E-state index in [1.807, 2.05) is 119 Å². The number of pyridine rings is 9. The first-order valence-corrected chi connectivity index (χ1v) is 48.4. The van der Waals surface area contributed by atoms with Crippen molar-refractivity contribution < 1.29 is 27.6 Å². The highest BCUT2D eigenvalue weighted by Crippen LogP contribution is 2.53. The number of nitriles is 3. The van der Waals surface area contributed by atoms with Crippen LogP contribution in [0.2, 0.25) is 60.3 Å². The van der Waals surface area contributed by atoms with Gasteiger partial charge in [0.2, 0.25) is 17.7 Å². The van der Waals surface area contributed by atoms with E-state index in [1.165, 1.54) is 44.1 Å². The lowest BCUT2D eigenvalue weighted by Crippen LogP contribution is -2.58. The number of fused-ring (bicyclic) bond motifs is 3. The number of amides is 3. The first-order chi connectivity index (χ1) is 66.5. The third-order valence-corrected chi connectivity index (χ3v) is 29.3. The molecule has 141 heavy (non-hydrogen) atoms. The number of rotatable bonds is 15. The van der Waals surface area contributed by atoms with E-state index in [0.717, 1.165) is 0 Å². The van der Waals surface area contributed by atoms with E-state index in [2.05, 4.69) is 52.9 Å². The number of nitrogens with two attached hydrogens (primary N) is 3. The van der Waals surface area contributed by atoms with Gasteiger partial charge in [0.15, 0.2) is 17.5 Å². The molecule has 0 radical (unpaired) electrons. The second-order valence-electron chi connectivity index (χ2n) is 35.3. The fraction of sp³-hybridized carbons (Fsp3) is 0.303. The van der Waals surface area contributed by atoms with E-state index >= 15 is 8.78 Å². The van der Waals surface area contributed by atoms with Crippen LogP contribution in [0.3, 0.4) is 0 Å². The minimum atomic E-state index is -1.01. The van der Waals surface area contributed by atoms with E-state index in [9.17, 15) is 48.9 Å². The molecule has 9 aromatic heterocycles. The number of aromatic nitrogens is 9. The summed E-state index contributed by atoms with van der Waals surface area (Å²) in [5.41, 5.74) is 20.5. The molecule has 732 valence electrons. The number of nitrogens with zero attached hydrogens (tertiary/aromatic N) is 18. The number of benzene rings is 3. The van der Waals surface area contributed by atoms with Gasteiger partial charge in [0, 0.05) is 127 Å². The molecule has 0 spiro atoms. The van der Waals surface area contributed by atoms with Crippen LogP contribution in [0, 0.1) is 72.2 Å². The third-order valence-electron chi connectivity index (χ3n) is 24.9. The number of nitrogen functional groups attached to an aromatic ring is 3. The number of carbonyl (C=O) groups excluding carboxylic acids is 3. The van der Waals surface area contributed by atoms with Gasteiger partial charge in [-0.2, -0.15) is 15.8 Å². The van der Waals surface area contributed by atoms with Gasteiger partial charge in [-0.15, -0.1) is 0 Å². The molecule has 12 aromatic rings. The molecule has 3 aliphatic heterocycles. The summed E-state index contributed by atoms with van der Waals surface area (Å²) in [7, 11) is 0. The molecular formula is C99H90Cl12F3N21O6. The van der Waals surface area contributed by atoms with Gasteiger partial charge >= 0.3 is 0 Å². The Balaban J connectivity index is 0.000000178. The van der Waals surface area contributed by atoms with Crippen molar-refractivity contribution in [3.63, 3.8) is 0 Å². The molecule has 27 nitrogen and oxygen atoms in total. The monoisotopic (exact) mass is 2150 g/mol. The molecule has 6 N–H and O–H groups in total. The van der Waals surface area contributed by atoms with Crippen LogP contribution in [-0.2, 0) is 14.4 Å². The van der Waals surface area contributed by atoms with Gasteiger partial charge in [-0.25, -0.2) is 28.1 Å². The number of carbonyl (C=O) groups is 3. The van der Waals surface area contributed by atoms with Crippen LogP contribution in [0.1, 0.15) is 151 Å². The molecule has 12 heterocycles. The minimum absolute atomic E-state index is 0.00804. The predicted molar refractivity (Wildman–Crippen MR) is 560 cm³/mol. The van der Waals surface area contributed by atoms with Crippen LogP contribution in [-0.4, -0.2) is 152 Å². The standard InChI is InChI=1S/3C33H30Cl4FN7O2/c2*1-7-21(46)44-16(5)12-43(13-17(44)6)31-18-10-20(34)29(22-23(35)26(38)25(37)27(40)24(22)36)42-32(18)45(33(47)19(31)11-39)30-15(4)8-9-41-28(30)14(2)3;1-7-21(46)44-16(5)12-43(13-17(44)6)31-18-10-20(34)29(22-23(35)25(37)26(38)27(40)24(22)36)42-32(18)45(33(47)19(31)11-39)30-15(4)8-9-41-28(30)14(2)3/h3*7-10,14,16-17H,1,12-13,40H2,2-6H3/t3*16-,17+. The predicted octanol–water partition coefficient (Wildman–Crippen LogP) is 23.1. The Morgan fingerprint density at radius 3 is 0.858 bits per heavy atom. The smallest absolute Gasteiger partial charge is 0.276 e. The zero-order valence-electron chi connectivity index (χ0n) is 78.4. The van der Waals surface area contributed by atoms with Crippen molar-refractivity contribution in [2.75, 3.05) is 71.2 Å². The van der Waals surface area contributed by atoms with Gasteiger partial charge in [0.05, 0.1) is 136 Å². The Morgan fingerprint density at radius 2 is 0.624 bits per heavy atom. The second-order valence-corrected chi connectivity index (χ2v) is 40.0. The molecule has 0 unspecified atom stereocenters. The minimum Gasteiger partial charge on any atom is -0.396 e. The van der Waals surface area contributed by atoms with E-state index in [4.69, 9.17) is 171 Å². The van der Waals surface area contributed by atoms with Crippen LogP contribution in [0.25, 0.3) is 83.9 Å². The van der Waals surface area contributed by atoms with Gasteiger partial charge < -0.3 is 46.6 Å². The maximum absolute atomic E-state index is 15.1.